The molecule has 0 saturated carbocycles. The molecular weight excluding hydrogens is 557 g/mol. The van der Waals surface area contributed by atoms with Gasteiger partial charge in [0.05, 0.1) is 0 Å². The molecular formula is C36H21NSSe. The summed E-state index contributed by atoms with van der Waals surface area (Å²) in [5.41, 5.74) is 6.25. The molecule has 0 radical (unpaired) electrons. The van der Waals surface area contributed by atoms with Crippen molar-refractivity contribution >= 4 is 87.1 Å². The quantitative estimate of drug-likeness (QED) is 0.180. The molecule has 3 heterocycles. The van der Waals surface area contributed by atoms with Crippen LogP contribution in [-0.4, -0.2) is 19.1 Å². The molecule has 9 aromatic rings. The van der Waals surface area contributed by atoms with Gasteiger partial charge >= 0.3 is 185 Å². The van der Waals surface area contributed by atoms with Crippen LogP contribution < -0.4 is 0 Å². The van der Waals surface area contributed by atoms with Crippen LogP contribution in [0.4, 0.5) is 0 Å². The molecule has 0 amide bonds. The molecule has 0 unspecified atom stereocenters. The van der Waals surface area contributed by atoms with Crippen LogP contribution in [0.15, 0.2) is 127 Å². The first-order valence-corrected chi connectivity index (χ1v) is 15.7. The Kier molecular flexibility index (Phi) is 4.56. The molecule has 0 aliphatic carbocycles. The molecule has 0 atom stereocenters. The van der Waals surface area contributed by atoms with Crippen molar-refractivity contribution in [3.05, 3.63) is 127 Å². The van der Waals surface area contributed by atoms with E-state index >= 15 is 0 Å². The molecule has 182 valence electrons. The van der Waals surface area contributed by atoms with E-state index in [1.54, 1.807) is 0 Å². The van der Waals surface area contributed by atoms with Crippen molar-refractivity contribution in [1.82, 2.24) is 4.57 Å². The third-order valence-electron chi connectivity index (χ3n) is 8.00. The fraction of sp³-hybridized carbons (Fsp3) is 0. The maximum absolute atomic E-state index is 2.43. The van der Waals surface area contributed by atoms with Crippen molar-refractivity contribution in [2.75, 3.05) is 0 Å². The Bertz CT molecular complexity index is 2400. The van der Waals surface area contributed by atoms with Gasteiger partial charge in [0.1, 0.15) is 0 Å². The van der Waals surface area contributed by atoms with Gasteiger partial charge in [-0.15, -0.1) is 11.3 Å². The van der Waals surface area contributed by atoms with Crippen LogP contribution in [0.5, 0.6) is 0 Å². The van der Waals surface area contributed by atoms with Gasteiger partial charge in [-0.2, -0.15) is 0 Å². The van der Waals surface area contributed by atoms with Gasteiger partial charge < -0.3 is 0 Å². The van der Waals surface area contributed by atoms with E-state index in [1.807, 2.05) is 11.3 Å². The van der Waals surface area contributed by atoms with Gasteiger partial charge in [0.15, 0.2) is 0 Å². The second-order valence-electron chi connectivity index (χ2n) is 10.2. The molecule has 3 aromatic heterocycles. The van der Waals surface area contributed by atoms with Crippen LogP contribution in [0, 0.1) is 0 Å². The molecule has 0 spiro atoms. The van der Waals surface area contributed by atoms with E-state index in [2.05, 4.69) is 132 Å². The number of rotatable bonds is 2. The molecule has 9 rings (SSSR count). The summed E-state index contributed by atoms with van der Waals surface area (Å²) in [5.74, 6) is 0. The van der Waals surface area contributed by atoms with E-state index < -0.39 is 0 Å². The number of nitrogens with zero attached hydrogens (tertiary/aromatic N) is 1. The van der Waals surface area contributed by atoms with Crippen molar-refractivity contribution in [3.8, 4) is 16.8 Å². The average Bonchev–Trinajstić information content (AvgIpc) is 3.65. The third-order valence-corrected chi connectivity index (χ3v) is 11.6. The third kappa shape index (κ3) is 3.19. The summed E-state index contributed by atoms with van der Waals surface area (Å²) in [5, 5.41) is 8.06. The van der Waals surface area contributed by atoms with Crippen molar-refractivity contribution < 1.29 is 0 Å². The van der Waals surface area contributed by atoms with Gasteiger partial charge in [-0.25, -0.2) is 0 Å². The molecule has 1 nitrogen and oxygen atoms in total. The van der Waals surface area contributed by atoms with E-state index in [-0.39, 0.29) is 0 Å². The molecule has 0 fully saturated rings. The van der Waals surface area contributed by atoms with Gasteiger partial charge in [0, 0.05) is 14.8 Å². The molecule has 0 saturated heterocycles. The number of hydrogen-bond donors (Lipinski definition) is 0. The molecule has 0 aliphatic heterocycles. The Morgan fingerprint density at radius 3 is 2.03 bits per heavy atom. The first kappa shape index (κ1) is 21.8. The number of benzene rings is 6. The van der Waals surface area contributed by atoms with Crippen LogP contribution in [0.25, 0.3) is 78.1 Å². The Balaban J connectivity index is 1.28. The standard InChI is InChI=1S/C36H21NSSe/c1-4-10-31-25(7-1)28-19-22(23-14-18-36-30(20-23)27-9-3-6-12-35(27)39-36)13-16-32(28)37(31)24-15-17-34-29(21-24)26-8-2-5-11-33(26)38-34/h1-21H. The van der Waals surface area contributed by atoms with Crippen LogP contribution in [-0.2, 0) is 0 Å². The zero-order valence-corrected chi connectivity index (χ0v) is 23.4. The van der Waals surface area contributed by atoms with Crippen LogP contribution in [0.3, 0.4) is 0 Å². The summed E-state index contributed by atoms with van der Waals surface area (Å²) in [6.07, 6.45) is 0. The van der Waals surface area contributed by atoms with Gasteiger partial charge in [-0.3, -0.25) is 0 Å². The fourth-order valence-electron chi connectivity index (χ4n) is 6.19. The summed E-state index contributed by atoms with van der Waals surface area (Å²) in [7, 11) is 0. The average molecular weight is 579 g/mol. The summed E-state index contributed by atoms with van der Waals surface area (Å²) in [6, 6.07) is 47.4. The second-order valence-corrected chi connectivity index (χ2v) is 13.5. The molecule has 39 heavy (non-hydrogen) atoms. The van der Waals surface area contributed by atoms with Crippen LogP contribution in [0.2, 0.25) is 0 Å². The first-order valence-electron chi connectivity index (χ1n) is 13.2. The minimum absolute atomic E-state index is 0.400. The molecule has 0 bridgehead atoms. The van der Waals surface area contributed by atoms with E-state index in [4.69, 9.17) is 0 Å². The van der Waals surface area contributed by atoms with E-state index in [9.17, 15) is 0 Å². The summed E-state index contributed by atoms with van der Waals surface area (Å²) in [6.45, 7) is 0. The summed E-state index contributed by atoms with van der Waals surface area (Å²) >= 11 is 2.27. The zero-order valence-electron chi connectivity index (χ0n) is 20.9. The van der Waals surface area contributed by atoms with E-state index in [0.29, 0.717) is 14.5 Å². The molecule has 6 aromatic carbocycles. The van der Waals surface area contributed by atoms with Gasteiger partial charge in [-0.05, 0) is 6.07 Å². The monoisotopic (exact) mass is 579 g/mol. The Labute approximate surface area is 234 Å². The molecule has 0 aliphatic rings. The van der Waals surface area contributed by atoms with Crippen molar-refractivity contribution in [3.63, 3.8) is 0 Å². The topological polar surface area (TPSA) is 4.93 Å². The minimum atomic E-state index is 0.400. The van der Waals surface area contributed by atoms with Crippen molar-refractivity contribution in [2.24, 2.45) is 0 Å². The number of fused-ring (bicyclic) bond motifs is 9. The van der Waals surface area contributed by atoms with Gasteiger partial charge in [-0.1, -0.05) is 18.2 Å². The number of hydrogen-bond acceptors (Lipinski definition) is 1. The zero-order chi connectivity index (χ0) is 25.5. The maximum atomic E-state index is 2.43. The van der Waals surface area contributed by atoms with Crippen LogP contribution >= 0.6 is 11.3 Å². The Hall–Kier alpha value is -4.14. The van der Waals surface area contributed by atoms with Gasteiger partial charge in [0.25, 0.3) is 0 Å². The second kappa shape index (κ2) is 8.18. The van der Waals surface area contributed by atoms with Crippen molar-refractivity contribution in [1.29, 1.82) is 0 Å². The summed E-state index contributed by atoms with van der Waals surface area (Å²) in [4.78, 5) is 0. The van der Waals surface area contributed by atoms with E-state index in [1.165, 1.54) is 78.1 Å². The van der Waals surface area contributed by atoms with E-state index in [0.717, 1.165) is 0 Å². The normalized spacial score (nSPS) is 12.1. The van der Waals surface area contributed by atoms with Gasteiger partial charge in [0.2, 0.25) is 0 Å². The number of para-hydroxylation sites is 1. The Morgan fingerprint density at radius 2 is 1.10 bits per heavy atom. The summed E-state index contributed by atoms with van der Waals surface area (Å²) < 4.78 is 8.09. The fourth-order valence-corrected chi connectivity index (χ4v) is 9.56. The molecule has 0 N–H and O–H groups in total. The van der Waals surface area contributed by atoms with Crippen molar-refractivity contribution in [2.45, 2.75) is 0 Å². The Morgan fingerprint density at radius 1 is 0.436 bits per heavy atom. The number of aromatic nitrogens is 1. The number of thiophene rings is 1. The predicted octanol–water partition coefficient (Wildman–Crippen LogP) is 10.2. The first-order chi connectivity index (χ1) is 19.3. The SMILES string of the molecule is c1ccc2c(c1)sc1ccc(-n3c4ccccc4c4cc(-c5ccc6[se]c7ccccc7c6c5)ccc43)cc12. The molecule has 3 heteroatoms. The van der Waals surface area contributed by atoms with Crippen LogP contribution in [0.1, 0.15) is 0 Å². The predicted molar refractivity (Wildman–Crippen MR) is 171 cm³/mol.